The Morgan fingerprint density at radius 1 is 0.833 bits per heavy atom. The average Bonchev–Trinajstić information content (AvgIpc) is 2.78. The molecule has 0 spiro atoms. The van der Waals surface area contributed by atoms with Crippen LogP contribution in [0.15, 0.2) is 72.9 Å². The lowest BCUT2D eigenvalue weighted by Gasteiger charge is -2.18. The van der Waals surface area contributed by atoms with Gasteiger partial charge in [0.15, 0.2) is 6.17 Å². The number of benzene rings is 3. The van der Waals surface area contributed by atoms with Crippen LogP contribution < -0.4 is 4.57 Å². The first-order chi connectivity index (χ1) is 15.2. The summed E-state index contributed by atoms with van der Waals surface area (Å²) in [5.41, 5.74) is 8.28. The fraction of sp³-hybridized carbons (Fsp3) is 0.276. The Kier molecular flexibility index (Phi) is 4.81. The molecule has 4 aromatic rings. The molecule has 152 valence electrons. The molecule has 0 aliphatic rings. The van der Waals surface area contributed by atoms with Gasteiger partial charge in [-0.2, -0.15) is 0 Å². The molecule has 0 radical (unpaired) electrons. The van der Waals surface area contributed by atoms with Crippen molar-refractivity contribution in [2.45, 2.75) is 46.5 Å². The highest BCUT2D eigenvalue weighted by Crippen LogP contribution is 2.36. The molecule has 1 aromatic heterocycles. The Morgan fingerprint density at radius 3 is 2.23 bits per heavy atom. The molecule has 0 saturated heterocycles. The quantitative estimate of drug-likeness (QED) is 0.313. The van der Waals surface area contributed by atoms with E-state index in [9.17, 15) is 0 Å². The van der Waals surface area contributed by atoms with Crippen molar-refractivity contribution in [3.8, 4) is 22.4 Å². The van der Waals surface area contributed by atoms with Gasteiger partial charge >= 0.3 is 0 Å². The summed E-state index contributed by atoms with van der Waals surface area (Å²) in [4.78, 5) is 0. The predicted octanol–water partition coefficient (Wildman–Crippen LogP) is 7.55. The van der Waals surface area contributed by atoms with Crippen LogP contribution >= 0.6 is 0 Å². The normalized spacial score (nSPS) is 12.5. The summed E-state index contributed by atoms with van der Waals surface area (Å²) in [7, 11) is 1.91. The fourth-order valence-corrected chi connectivity index (χ4v) is 4.31. The van der Waals surface area contributed by atoms with Crippen LogP contribution in [0.4, 0.5) is 0 Å². The highest BCUT2D eigenvalue weighted by Gasteiger charge is 2.21. The Balaban J connectivity index is 2.08. The average molecular weight is 397 g/mol. The molecule has 0 fully saturated rings. The van der Waals surface area contributed by atoms with Crippen LogP contribution in [-0.2, 0) is 7.05 Å². The molecule has 30 heavy (non-hydrogen) atoms. The first kappa shape index (κ1) is 17.9. The lowest BCUT2D eigenvalue weighted by Crippen LogP contribution is -2.31. The Morgan fingerprint density at radius 2 is 1.57 bits per heavy atom. The van der Waals surface area contributed by atoms with Gasteiger partial charge in [0.1, 0.15) is 8.42 Å². The third-order valence-electron chi connectivity index (χ3n) is 6.09. The summed E-state index contributed by atoms with van der Waals surface area (Å²) in [5, 5.41) is 1.84. The molecule has 4 rings (SSSR count). The minimum atomic E-state index is 0.234. The van der Waals surface area contributed by atoms with Gasteiger partial charge in [0, 0.05) is 6.04 Å². The summed E-state index contributed by atoms with van der Waals surface area (Å²) in [6, 6.07) is 21.5. The maximum atomic E-state index is 8.71. The van der Waals surface area contributed by atoms with Crippen molar-refractivity contribution in [2.24, 2.45) is 7.05 Å². The van der Waals surface area contributed by atoms with E-state index in [2.05, 4.69) is 77.1 Å². The molecule has 0 amide bonds. The van der Waals surface area contributed by atoms with Gasteiger partial charge in [0.2, 0.25) is 5.69 Å². The van der Waals surface area contributed by atoms with Crippen molar-refractivity contribution in [1.29, 1.82) is 0 Å². The van der Waals surface area contributed by atoms with Gasteiger partial charge in [0.05, 0.1) is 12.3 Å². The molecule has 3 aromatic carbocycles. The molecule has 0 N–H and O–H groups in total. The van der Waals surface area contributed by atoms with E-state index in [0.717, 1.165) is 33.2 Å². The van der Waals surface area contributed by atoms with E-state index in [1.165, 1.54) is 16.7 Å². The maximum Gasteiger partial charge on any atom is 0.220 e. The second-order valence-electron chi connectivity index (χ2n) is 8.86. The summed E-state index contributed by atoms with van der Waals surface area (Å²) in [6.07, 6.45) is 0.234. The number of aromatic nitrogens is 1. The maximum absolute atomic E-state index is 8.71. The number of rotatable bonds is 4. The van der Waals surface area contributed by atoms with Crippen molar-refractivity contribution in [3.05, 3.63) is 89.6 Å². The van der Waals surface area contributed by atoms with Gasteiger partial charge in [0.25, 0.3) is 0 Å². The number of pyridine rings is 1. The van der Waals surface area contributed by atoms with Crippen molar-refractivity contribution in [3.63, 3.8) is 0 Å². The second-order valence-corrected chi connectivity index (χ2v) is 8.86. The molecule has 1 heteroatoms. The lowest BCUT2D eigenvalue weighted by molar-refractivity contribution is -0.659. The van der Waals surface area contributed by atoms with E-state index >= 15 is 0 Å². The molecular weight excluding hydrogens is 362 g/mol. The van der Waals surface area contributed by atoms with E-state index in [-0.39, 0.29) is 12.2 Å². The van der Waals surface area contributed by atoms with Crippen molar-refractivity contribution in [1.82, 2.24) is 0 Å². The van der Waals surface area contributed by atoms with Crippen LogP contribution in [0, 0.1) is 6.92 Å². The van der Waals surface area contributed by atoms with Gasteiger partial charge in [-0.15, -0.1) is 0 Å². The number of fused-ring (bicyclic) bond motifs is 1. The zero-order chi connectivity index (χ0) is 23.2. The minimum absolute atomic E-state index is 0.234. The molecule has 0 bridgehead atoms. The lowest BCUT2D eigenvalue weighted by atomic mass is 9.86. The molecule has 1 nitrogen and oxygen atoms in total. The van der Waals surface area contributed by atoms with E-state index in [1.54, 1.807) is 0 Å². The number of hydrogen-bond donors (Lipinski definition) is 0. The van der Waals surface area contributed by atoms with E-state index in [1.807, 2.05) is 29.8 Å². The van der Waals surface area contributed by atoms with Crippen LogP contribution in [0.25, 0.3) is 33.2 Å². The van der Waals surface area contributed by atoms with Crippen LogP contribution in [0.5, 0.6) is 0 Å². The largest absolute Gasteiger partial charge is 0.220 e. The van der Waals surface area contributed by atoms with Crippen molar-refractivity contribution < 1.29 is 7.31 Å². The molecule has 0 saturated carbocycles. The summed E-state index contributed by atoms with van der Waals surface area (Å²) >= 11 is 0. The highest BCUT2D eigenvalue weighted by molar-refractivity contribution is 5.96. The first-order valence-corrected chi connectivity index (χ1v) is 10.8. The smallest absolute Gasteiger partial charge is 0.200 e. The first-order valence-electron chi connectivity index (χ1n) is 11.8. The molecule has 0 aliphatic carbocycles. The molecule has 0 aliphatic heterocycles. The van der Waals surface area contributed by atoms with Gasteiger partial charge in [-0.25, -0.2) is 4.57 Å². The Bertz CT molecular complexity index is 1300. The summed E-state index contributed by atoms with van der Waals surface area (Å²) < 4.78 is 19.3. The van der Waals surface area contributed by atoms with Gasteiger partial charge < -0.3 is 0 Å². The number of nitrogens with zero attached hydrogens (tertiary/aromatic N) is 1. The number of hydrogen-bond acceptors (Lipinski definition) is 0. The summed E-state index contributed by atoms with van der Waals surface area (Å²) in [5.74, 6) is 0.832. The predicted molar refractivity (Wildman–Crippen MR) is 129 cm³/mol. The topological polar surface area (TPSA) is 3.88 Å². The minimum Gasteiger partial charge on any atom is -0.200 e. The van der Waals surface area contributed by atoms with Gasteiger partial charge in [-0.1, -0.05) is 70.2 Å². The van der Waals surface area contributed by atoms with Crippen LogP contribution in [0.2, 0.25) is 0 Å². The van der Waals surface area contributed by atoms with E-state index < -0.39 is 0 Å². The van der Waals surface area contributed by atoms with Gasteiger partial charge in [-0.05, 0) is 70.2 Å². The van der Waals surface area contributed by atoms with Gasteiger partial charge in [-0.3, -0.25) is 0 Å². The van der Waals surface area contributed by atoms with Crippen molar-refractivity contribution in [2.75, 3.05) is 0 Å². The van der Waals surface area contributed by atoms with Crippen LogP contribution in [0.1, 0.15) is 59.0 Å². The third-order valence-corrected chi connectivity index (χ3v) is 6.09. The summed E-state index contributed by atoms with van der Waals surface area (Å²) in [6.45, 7) is 11.1. The third kappa shape index (κ3) is 3.65. The fourth-order valence-electron chi connectivity index (χ4n) is 4.31. The van der Waals surface area contributed by atoms with E-state index in [4.69, 9.17) is 2.74 Å². The SMILES string of the molecule is [2H]c1c([2H])[n+](C)c(-c2cc(C(C)C)cc(C(C)C)c2C)c2ccc(-c3ccccc3)cc12. The zero-order valence-corrected chi connectivity index (χ0v) is 18.9. The van der Waals surface area contributed by atoms with Crippen LogP contribution in [-0.4, -0.2) is 0 Å². The molecule has 0 atom stereocenters. The Labute approximate surface area is 183 Å². The monoisotopic (exact) mass is 396 g/mol. The Hall–Kier alpha value is -2.93. The molecule has 1 heterocycles. The van der Waals surface area contributed by atoms with E-state index in [0.29, 0.717) is 11.8 Å². The van der Waals surface area contributed by atoms with Crippen molar-refractivity contribution >= 4 is 10.8 Å². The molecule has 0 unspecified atom stereocenters. The molecular formula is C29H32N+. The second kappa shape index (κ2) is 8.07. The van der Waals surface area contributed by atoms with Crippen LogP contribution in [0.3, 0.4) is 0 Å². The highest BCUT2D eigenvalue weighted by atomic mass is 14.9. The standard InChI is InChI=1S/C29H32N/c1-19(2)25-17-27(20(3)4)21(5)28(18-25)29-26-13-12-23(22-10-8-7-9-11-22)16-24(26)14-15-30(29)6/h7-20H,1-6H3/q+1/i14D,15D. The zero-order valence-electron chi connectivity index (χ0n) is 20.9.